The number of aliphatic hydroxyl groups is 2. The summed E-state index contributed by atoms with van der Waals surface area (Å²) < 4.78 is 5.82. The minimum absolute atomic E-state index is 0.0270. The molecule has 0 amide bonds. The van der Waals surface area contributed by atoms with E-state index in [1.165, 1.54) is 5.57 Å². The van der Waals surface area contributed by atoms with Gasteiger partial charge in [0, 0.05) is 23.6 Å². The number of thiazole rings is 1. The Hall–Kier alpha value is -1.83. The van der Waals surface area contributed by atoms with Crippen molar-refractivity contribution in [2.24, 2.45) is 23.7 Å². The Kier molecular flexibility index (Phi) is 12.0. The summed E-state index contributed by atoms with van der Waals surface area (Å²) in [5.41, 5.74) is 2.97. The largest absolute Gasteiger partial charge is 0.457 e. The zero-order valence-electron chi connectivity index (χ0n) is 23.0. The van der Waals surface area contributed by atoms with E-state index in [-0.39, 0.29) is 18.1 Å². The zero-order chi connectivity index (χ0) is 27.0. The first-order chi connectivity index (χ1) is 16.9. The summed E-state index contributed by atoms with van der Waals surface area (Å²) in [5.74, 6) is -1.75. The molecule has 0 spiro atoms. The minimum atomic E-state index is -1.17. The molecule has 0 unspecified atom stereocenters. The van der Waals surface area contributed by atoms with Crippen LogP contribution in [-0.4, -0.2) is 45.3 Å². The van der Waals surface area contributed by atoms with Crippen molar-refractivity contribution in [1.82, 2.24) is 4.98 Å². The molecule has 0 saturated carbocycles. The Morgan fingerprint density at radius 3 is 2.47 bits per heavy atom. The van der Waals surface area contributed by atoms with E-state index in [2.05, 4.69) is 24.9 Å². The van der Waals surface area contributed by atoms with Crippen molar-refractivity contribution in [3.63, 3.8) is 0 Å². The van der Waals surface area contributed by atoms with Gasteiger partial charge in [-0.15, -0.1) is 11.3 Å². The number of cyclic esters (lactones) is 1. The lowest BCUT2D eigenvalue weighted by molar-refractivity contribution is -0.151. The number of carbonyl (C=O) groups excluding carboxylic acids is 2. The van der Waals surface area contributed by atoms with Gasteiger partial charge in [0.05, 0.1) is 29.3 Å². The van der Waals surface area contributed by atoms with Crippen molar-refractivity contribution in [3.8, 4) is 0 Å². The third-order valence-corrected chi connectivity index (χ3v) is 8.25. The molecule has 0 aromatic carbocycles. The Bertz CT molecular complexity index is 936. The highest BCUT2D eigenvalue weighted by atomic mass is 32.1. The smallest absolute Gasteiger partial charge is 0.309 e. The molecule has 0 radical (unpaired) electrons. The summed E-state index contributed by atoms with van der Waals surface area (Å²) in [5, 5.41) is 24.5. The van der Waals surface area contributed by atoms with Gasteiger partial charge >= 0.3 is 5.97 Å². The van der Waals surface area contributed by atoms with Crippen LogP contribution >= 0.6 is 11.3 Å². The van der Waals surface area contributed by atoms with Gasteiger partial charge in [0.2, 0.25) is 0 Å². The van der Waals surface area contributed by atoms with Gasteiger partial charge in [0.25, 0.3) is 0 Å². The van der Waals surface area contributed by atoms with E-state index in [1.54, 1.807) is 25.2 Å². The van der Waals surface area contributed by atoms with E-state index in [4.69, 9.17) is 4.74 Å². The third kappa shape index (κ3) is 9.24. The molecule has 1 aliphatic heterocycles. The second-order valence-electron chi connectivity index (χ2n) is 10.9. The first-order valence-corrected chi connectivity index (χ1v) is 14.1. The van der Waals surface area contributed by atoms with Crippen LogP contribution in [0.5, 0.6) is 0 Å². The fraction of sp³-hybridized carbons (Fsp3) is 0.690. The van der Waals surface area contributed by atoms with Crippen LogP contribution in [0.2, 0.25) is 0 Å². The van der Waals surface area contributed by atoms with Crippen molar-refractivity contribution in [3.05, 3.63) is 33.3 Å². The van der Waals surface area contributed by atoms with E-state index in [9.17, 15) is 19.8 Å². The lowest BCUT2D eigenvalue weighted by Gasteiger charge is -2.29. The molecule has 7 atom stereocenters. The summed E-state index contributed by atoms with van der Waals surface area (Å²) >= 11 is 1.57. The van der Waals surface area contributed by atoms with Gasteiger partial charge in [0.1, 0.15) is 11.9 Å². The highest BCUT2D eigenvalue weighted by Crippen LogP contribution is 2.28. The molecule has 2 heterocycles. The van der Waals surface area contributed by atoms with Crippen LogP contribution < -0.4 is 0 Å². The molecule has 0 bridgehead atoms. The van der Waals surface area contributed by atoms with Crippen LogP contribution in [0.25, 0.3) is 6.08 Å². The highest BCUT2D eigenvalue weighted by Gasteiger charge is 2.34. The molecule has 1 aromatic heterocycles. The number of carbonyl (C=O) groups is 2. The minimum Gasteiger partial charge on any atom is -0.457 e. The average molecular weight is 520 g/mol. The molecular formula is C29H45NO5S. The number of hydrogen-bond donors (Lipinski definition) is 2. The van der Waals surface area contributed by atoms with Crippen molar-refractivity contribution in [2.45, 2.75) is 105 Å². The zero-order valence-corrected chi connectivity index (χ0v) is 23.8. The fourth-order valence-corrected chi connectivity index (χ4v) is 5.52. The van der Waals surface area contributed by atoms with Crippen LogP contribution in [0, 0.1) is 30.6 Å². The number of aliphatic hydroxyl groups excluding tert-OH is 2. The average Bonchev–Trinajstić information content (AvgIpc) is 3.23. The number of Topliss-reactive ketones (excluding diaryl/α,β-unsaturated/α-hetero) is 1. The monoisotopic (exact) mass is 519 g/mol. The summed E-state index contributed by atoms with van der Waals surface area (Å²) in [6.07, 6.45) is 5.79. The lowest BCUT2D eigenvalue weighted by atomic mass is 9.80. The van der Waals surface area contributed by atoms with E-state index >= 15 is 0 Å². The number of ether oxygens (including phenoxy) is 1. The Labute approximate surface area is 220 Å². The predicted octanol–water partition coefficient (Wildman–Crippen LogP) is 5.90. The molecule has 202 valence electrons. The molecule has 0 saturated heterocycles. The predicted molar refractivity (Wildman–Crippen MR) is 146 cm³/mol. The standard InChI is InChI=1S/C29H45NO5S/c1-17-9-8-10-18(2)13-20(4)28(33)22(6)29(34)21(5)25(31)15-27(32)35-26(12-11-17)19(3)14-24-16-36-23(7)30-24/h11,14,16,18,20-22,25-26,28,31,33H,8-10,12-13,15H2,1-7H3/b17-11-,19-14+/t18-,20+,21+,22-,25+,26+,28+/m1/s1. The quantitative estimate of drug-likeness (QED) is 0.373. The normalized spacial score (nSPS) is 34.3. The number of ketones is 1. The number of aryl methyl sites for hydroxylation is 1. The fourth-order valence-electron chi connectivity index (χ4n) is 4.95. The van der Waals surface area contributed by atoms with Gasteiger partial charge in [-0.2, -0.15) is 0 Å². The van der Waals surface area contributed by atoms with Crippen molar-refractivity contribution in [1.29, 1.82) is 0 Å². The van der Waals surface area contributed by atoms with Crippen LogP contribution in [0.4, 0.5) is 0 Å². The molecule has 6 nitrogen and oxygen atoms in total. The summed E-state index contributed by atoms with van der Waals surface area (Å²) in [7, 11) is 0. The molecule has 36 heavy (non-hydrogen) atoms. The summed E-state index contributed by atoms with van der Waals surface area (Å²) in [6, 6.07) is 0. The molecule has 1 aliphatic rings. The number of rotatable bonds is 2. The van der Waals surface area contributed by atoms with Crippen LogP contribution in [0.3, 0.4) is 0 Å². The molecule has 7 heteroatoms. The number of hydrogen-bond acceptors (Lipinski definition) is 7. The Morgan fingerprint density at radius 2 is 1.83 bits per heavy atom. The molecule has 2 N–H and O–H groups in total. The Morgan fingerprint density at radius 1 is 1.14 bits per heavy atom. The number of aromatic nitrogens is 1. The van der Waals surface area contributed by atoms with Gasteiger partial charge in [-0.1, -0.05) is 45.8 Å². The van der Waals surface area contributed by atoms with Crippen molar-refractivity contribution < 1.29 is 24.5 Å². The first kappa shape index (κ1) is 30.4. The number of allylic oxidation sites excluding steroid dienone is 1. The van der Waals surface area contributed by atoms with E-state index in [0.717, 1.165) is 42.0 Å². The third-order valence-electron chi connectivity index (χ3n) is 7.46. The van der Waals surface area contributed by atoms with Crippen LogP contribution in [-0.2, 0) is 14.3 Å². The second kappa shape index (κ2) is 14.2. The number of esters is 1. The van der Waals surface area contributed by atoms with E-state index < -0.39 is 36.1 Å². The summed E-state index contributed by atoms with van der Waals surface area (Å²) in [4.78, 5) is 30.3. The topological polar surface area (TPSA) is 96.7 Å². The maximum atomic E-state index is 13.0. The SMILES string of the molecule is C/C1=C/C[C@@H](/C(C)=C/c2csc(C)n2)OC(=O)C[C@H](O)[C@H](C)C(=O)[C@H](C)[C@@H](O)[C@@H](C)C[C@H](C)CCC1. The van der Waals surface area contributed by atoms with Crippen LogP contribution in [0.1, 0.15) is 90.8 Å². The van der Waals surface area contributed by atoms with Gasteiger partial charge in [-0.25, -0.2) is 4.98 Å². The first-order valence-electron chi connectivity index (χ1n) is 13.2. The molecule has 0 aliphatic carbocycles. The molecule has 0 fully saturated rings. The van der Waals surface area contributed by atoms with E-state index in [1.807, 2.05) is 32.2 Å². The van der Waals surface area contributed by atoms with Gasteiger partial charge in [-0.3, -0.25) is 9.59 Å². The van der Waals surface area contributed by atoms with Crippen molar-refractivity contribution in [2.75, 3.05) is 0 Å². The second-order valence-corrected chi connectivity index (χ2v) is 12.0. The number of nitrogens with zero attached hydrogens (tertiary/aromatic N) is 1. The van der Waals surface area contributed by atoms with Crippen molar-refractivity contribution >= 4 is 29.2 Å². The maximum absolute atomic E-state index is 13.0. The van der Waals surface area contributed by atoms with Gasteiger partial charge < -0.3 is 14.9 Å². The highest BCUT2D eigenvalue weighted by molar-refractivity contribution is 7.09. The van der Waals surface area contributed by atoms with Gasteiger partial charge in [0.15, 0.2) is 0 Å². The van der Waals surface area contributed by atoms with Gasteiger partial charge in [-0.05, 0) is 63.5 Å². The molecule has 1 aromatic rings. The van der Waals surface area contributed by atoms with E-state index in [0.29, 0.717) is 12.3 Å². The maximum Gasteiger partial charge on any atom is 0.309 e. The lowest BCUT2D eigenvalue weighted by Crippen LogP contribution is -2.39. The van der Waals surface area contributed by atoms with Crippen LogP contribution in [0.15, 0.2) is 22.6 Å². The molecular weight excluding hydrogens is 474 g/mol. The molecule has 2 rings (SSSR count). The summed E-state index contributed by atoms with van der Waals surface area (Å²) in [6.45, 7) is 13.5. The Balaban J connectivity index is 2.28.